The van der Waals surface area contributed by atoms with Gasteiger partial charge in [-0.1, -0.05) is 40.0 Å². The highest BCUT2D eigenvalue weighted by Gasteiger charge is 1.78. The third kappa shape index (κ3) is 25.7. The SMILES string of the molecule is CCCC.CCCCOCC. The Morgan fingerprint density at radius 1 is 0.818 bits per heavy atom. The lowest BCUT2D eigenvalue weighted by Crippen LogP contribution is -1.90. The molecule has 70 valence electrons. The average molecular weight is 160 g/mol. The molecule has 0 aromatic rings. The van der Waals surface area contributed by atoms with Gasteiger partial charge in [-0.05, 0) is 13.3 Å². The van der Waals surface area contributed by atoms with Gasteiger partial charge in [0.25, 0.3) is 0 Å². The molecule has 0 unspecified atom stereocenters. The summed E-state index contributed by atoms with van der Waals surface area (Å²) in [6.07, 6.45) is 5.08. The van der Waals surface area contributed by atoms with Gasteiger partial charge >= 0.3 is 0 Å². The smallest absolute Gasteiger partial charge is 0.0465 e. The summed E-state index contributed by atoms with van der Waals surface area (Å²) < 4.78 is 5.07. The van der Waals surface area contributed by atoms with Crippen molar-refractivity contribution in [1.82, 2.24) is 0 Å². The van der Waals surface area contributed by atoms with Crippen LogP contribution in [0.25, 0.3) is 0 Å². The minimum Gasteiger partial charge on any atom is -0.382 e. The van der Waals surface area contributed by atoms with E-state index in [0.717, 1.165) is 13.2 Å². The van der Waals surface area contributed by atoms with Gasteiger partial charge in [-0.25, -0.2) is 0 Å². The molecule has 0 saturated carbocycles. The van der Waals surface area contributed by atoms with E-state index >= 15 is 0 Å². The van der Waals surface area contributed by atoms with Crippen molar-refractivity contribution in [2.24, 2.45) is 0 Å². The number of unbranched alkanes of at least 4 members (excludes halogenated alkanes) is 2. The zero-order valence-electron chi connectivity index (χ0n) is 8.65. The first-order valence-corrected chi connectivity index (χ1v) is 4.91. The van der Waals surface area contributed by atoms with Crippen molar-refractivity contribution < 1.29 is 4.74 Å². The quantitative estimate of drug-likeness (QED) is 0.558. The molecular formula is C10H24O. The Bertz CT molecular complexity index is 38.1. The van der Waals surface area contributed by atoms with E-state index in [1.54, 1.807) is 0 Å². The maximum atomic E-state index is 5.07. The Balaban J connectivity index is 0. The van der Waals surface area contributed by atoms with Gasteiger partial charge in [-0.2, -0.15) is 0 Å². The van der Waals surface area contributed by atoms with Crippen LogP contribution in [0.2, 0.25) is 0 Å². The zero-order valence-corrected chi connectivity index (χ0v) is 8.65. The molecule has 0 atom stereocenters. The summed E-state index contributed by atoms with van der Waals surface area (Å²) in [6.45, 7) is 10.3. The number of hydrogen-bond acceptors (Lipinski definition) is 1. The van der Waals surface area contributed by atoms with Gasteiger partial charge in [0.1, 0.15) is 0 Å². The van der Waals surface area contributed by atoms with Gasteiger partial charge in [0.05, 0.1) is 0 Å². The minimum atomic E-state index is 0.861. The van der Waals surface area contributed by atoms with Crippen molar-refractivity contribution in [1.29, 1.82) is 0 Å². The van der Waals surface area contributed by atoms with Crippen LogP contribution in [-0.4, -0.2) is 13.2 Å². The maximum Gasteiger partial charge on any atom is 0.0465 e. The first-order valence-electron chi connectivity index (χ1n) is 4.91. The van der Waals surface area contributed by atoms with Crippen LogP contribution in [0.3, 0.4) is 0 Å². The van der Waals surface area contributed by atoms with Crippen LogP contribution < -0.4 is 0 Å². The first-order chi connectivity index (χ1) is 5.33. The molecule has 0 heterocycles. The molecule has 11 heavy (non-hydrogen) atoms. The van der Waals surface area contributed by atoms with Crippen molar-refractivity contribution in [3.63, 3.8) is 0 Å². The second-order valence-electron chi connectivity index (χ2n) is 2.55. The molecule has 0 aliphatic rings. The normalized spacial score (nSPS) is 8.73. The second kappa shape index (κ2) is 16.5. The average Bonchev–Trinajstić information content (AvgIpc) is 2.06. The van der Waals surface area contributed by atoms with Crippen molar-refractivity contribution in [2.75, 3.05) is 13.2 Å². The topological polar surface area (TPSA) is 9.23 Å². The monoisotopic (exact) mass is 160 g/mol. The van der Waals surface area contributed by atoms with E-state index in [0.29, 0.717) is 0 Å². The van der Waals surface area contributed by atoms with Crippen molar-refractivity contribution in [3.8, 4) is 0 Å². The van der Waals surface area contributed by atoms with E-state index in [4.69, 9.17) is 4.74 Å². The lowest BCUT2D eigenvalue weighted by molar-refractivity contribution is 0.144. The third-order valence-electron chi connectivity index (χ3n) is 1.35. The molecule has 0 aliphatic carbocycles. The predicted octanol–water partition coefficient (Wildman–Crippen LogP) is 3.63. The molecule has 0 rings (SSSR count). The van der Waals surface area contributed by atoms with E-state index in [9.17, 15) is 0 Å². The lowest BCUT2D eigenvalue weighted by atomic mass is 10.4. The Labute approximate surface area is 72.1 Å². The number of ether oxygens (including phenoxy) is 1. The fraction of sp³-hybridized carbons (Fsp3) is 1.00. The Morgan fingerprint density at radius 3 is 1.64 bits per heavy atom. The summed E-state index contributed by atoms with van der Waals surface area (Å²) >= 11 is 0. The van der Waals surface area contributed by atoms with E-state index in [-0.39, 0.29) is 0 Å². The van der Waals surface area contributed by atoms with Gasteiger partial charge in [0.2, 0.25) is 0 Å². The minimum absolute atomic E-state index is 0.861. The summed E-state index contributed by atoms with van der Waals surface area (Å²) in [6, 6.07) is 0. The van der Waals surface area contributed by atoms with Crippen molar-refractivity contribution in [2.45, 2.75) is 53.4 Å². The molecule has 0 saturated heterocycles. The van der Waals surface area contributed by atoms with Crippen LogP contribution in [0.5, 0.6) is 0 Å². The Hall–Kier alpha value is -0.0400. The van der Waals surface area contributed by atoms with Crippen molar-refractivity contribution in [3.05, 3.63) is 0 Å². The summed E-state index contributed by atoms with van der Waals surface area (Å²) in [7, 11) is 0. The van der Waals surface area contributed by atoms with Crippen LogP contribution in [0.1, 0.15) is 53.4 Å². The van der Waals surface area contributed by atoms with Gasteiger partial charge in [-0.15, -0.1) is 0 Å². The highest BCUT2D eigenvalue weighted by atomic mass is 16.5. The molecule has 0 spiro atoms. The molecule has 0 aliphatic heterocycles. The molecule has 0 N–H and O–H groups in total. The predicted molar refractivity (Wildman–Crippen MR) is 52.0 cm³/mol. The van der Waals surface area contributed by atoms with Crippen LogP contribution >= 0.6 is 0 Å². The molecule has 0 aromatic heterocycles. The molecule has 0 aromatic carbocycles. The largest absolute Gasteiger partial charge is 0.382 e. The molecule has 1 heteroatoms. The van der Waals surface area contributed by atoms with E-state index in [1.807, 2.05) is 6.92 Å². The third-order valence-corrected chi connectivity index (χ3v) is 1.35. The van der Waals surface area contributed by atoms with E-state index in [2.05, 4.69) is 20.8 Å². The molecule has 1 nitrogen and oxygen atoms in total. The van der Waals surface area contributed by atoms with E-state index in [1.165, 1.54) is 25.7 Å². The molecule has 0 bridgehead atoms. The maximum absolute atomic E-state index is 5.07. The highest BCUT2D eigenvalue weighted by Crippen LogP contribution is 1.85. The van der Waals surface area contributed by atoms with Crippen LogP contribution in [0.15, 0.2) is 0 Å². The lowest BCUT2D eigenvalue weighted by Gasteiger charge is -1.94. The van der Waals surface area contributed by atoms with Crippen LogP contribution in [0.4, 0.5) is 0 Å². The van der Waals surface area contributed by atoms with Gasteiger partial charge in [0, 0.05) is 13.2 Å². The first kappa shape index (κ1) is 13.5. The fourth-order valence-electron chi connectivity index (χ4n) is 0.391. The number of hydrogen-bond donors (Lipinski definition) is 0. The van der Waals surface area contributed by atoms with Crippen molar-refractivity contribution >= 4 is 0 Å². The summed E-state index contributed by atoms with van der Waals surface area (Å²) in [5.74, 6) is 0. The Kier molecular flexibility index (Phi) is 20.3. The van der Waals surface area contributed by atoms with Gasteiger partial charge in [0.15, 0.2) is 0 Å². The second-order valence-corrected chi connectivity index (χ2v) is 2.55. The molecule has 0 radical (unpaired) electrons. The molecule has 0 fully saturated rings. The highest BCUT2D eigenvalue weighted by molar-refractivity contribution is 4.28. The van der Waals surface area contributed by atoms with Gasteiger partial charge in [-0.3, -0.25) is 0 Å². The van der Waals surface area contributed by atoms with E-state index < -0.39 is 0 Å². The van der Waals surface area contributed by atoms with Crippen LogP contribution in [-0.2, 0) is 4.74 Å². The Morgan fingerprint density at radius 2 is 1.36 bits per heavy atom. The standard InChI is InChI=1S/C6H14O.C4H10/c1-3-5-6-7-4-2;1-3-4-2/h3-6H2,1-2H3;3-4H2,1-2H3. The summed E-state index contributed by atoms with van der Waals surface area (Å²) in [5, 5.41) is 0. The zero-order chi connectivity index (χ0) is 8.95. The summed E-state index contributed by atoms with van der Waals surface area (Å²) in [4.78, 5) is 0. The number of rotatable bonds is 5. The molecular weight excluding hydrogens is 136 g/mol. The molecule has 0 amide bonds. The van der Waals surface area contributed by atoms with Gasteiger partial charge < -0.3 is 4.74 Å². The fourth-order valence-corrected chi connectivity index (χ4v) is 0.391. The summed E-state index contributed by atoms with van der Waals surface area (Å²) in [5.41, 5.74) is 0. The van der Waals surface area contributed by atoms with Crippen LogP contribution in [0, 0.1) is 0 Å².